The Morgan fingerprint density at radius 2 is 1.48 bits per heavy atom. The zero-order valence-electron chi connectivity index (χ0n) is 19.0. The molecular weight excluding hydrogens is 370 g/mol. The summed E-state index contributed by atoms with van der Waals surface area (Å²) in [6.07, 6.45) is 5.52. The lowest BCUT2D eigenvalue weighted by molar-refractivity contribution is 0.185. The van der Waals surface area contributed by atoms with E-state index in [1.54, 1.807) is 7.11 Å². The first kappa shape index (κ1) is 27.1. The number of hydrogen-bond acceptors (Lipinski definition) is 2. The molecule has 0 N–H and O–H groups in total. The molecule has 29 heavy (non-hydrogen) atoms. The zero-order chi connectivity index (χ0) is 22.4. The minimum atomic E-state index is -1.10. The van der Waals surface area contributed by atoms with Crippen molar-refractivity contribution in [3.05, 3.63) is 71.5 Å². The van der Waals surface area contributed by atoms with Gasteiger partial charge in [-0.05, 0) is 48.3 Å². The molecule has 0 unspecified atom stereocenters. The van der Waals surface area contributed by atoms with E-state index in [1.807, 2.05) is 13.8 Å². The highest BCUT2D eigenvalue weighted by atomic mass is 19.2. The van der Waals surface area contributed by atoms with Crippen LogP contribution in [-0.4, -0.2) is 14.2 Å². The van der Waals surface area contributed by atoms with Crippen molar-refractivity contribution in [2.45, 2.75) is 65.9 Å². The fourth-order valence-electron chi connectivity index (χ4n) is 3.05. The minimum absolute atomic E-state index is 0.0145. The summed E-state index contributed by atoms with van der Waals surface area (Å²) < 4.78 is 34.8. The fourth-order valence-corrected chi connectivity index (χ4v) is 3.05. The summed E-state index contributed by atoms with van der Waals surface area (Å²) in [6.45, 7) is 14.8. The van der Waals surface area contributed by atoms with Gasteiger partial charge in [0.2, 0.25) is 0 Å². The molecule has 0 bridgehead atoms. The lowest BCUT2D eigenvalue weighted by atomic mass is 9.79. The van der Waals surface area contributed by atoms with E-state index < -0.39 is 11.7 Å². The van der Waals surface area contributed by atoms with Gasteiger partial charge in [0, 0.05) is 7.11 Å². The number of methoxy groups -OCH3 is 2. The van der Waals surface area contributed by atoms with Crippen molar-refractivity contribution in [2.75, 3.05) is 14.2 Å². The van der Waals surface area contributed by atoms with Gasteiger partial charge < -0.3 is 9.47 Å². The molecule has 1 aliphatic carbocycles. The first-order chi connectivity index (χ1) is 13.8. The summed E-state index contributed by atoms with van der Waals surface area (Å²) in [5, 5.41) is 0. The van der Waals surface area contributed by atoms with Gasteiger partial charge in [0.15, 0.2) is 11.7 Å². The fraction of sp³-hybridized carbons (Fsp3) is 0.520. The highest BCUT2D eigenvalue weighted by Crippen LogP contribution is 2.35. The van der Waals surface area contributed by atoms with Crippen LogP contribution in [0.25, 0.3) is 0 Å². The molecule has 0 amide bonds. The average molecular weight is 409 g/mol. The number of hydrogen-bond donors (Lipinski definition) is 0. The number of benzene rings is 1. The summed E-state index contributed by atoms with van der Waals surface area (Å²) in [5.41, 5.74) is 2.81. The Morgan fingerprint density at radius 3 is 1.90 bits per heavy atom. The van der Waals surface area contributed by atoms with Crippen LogP contribution in [0.4, 0.5) is 8.78 Å². The van der Waals surface area contributed by atoms with Crippen molar-refractivity contribution in [1.29, 1.82) is 0 Å². The van der Waals surface area contributed by atoms with Crippen LogP contribution in [-0.2, 0) is 16.1 Å². The predicted molar refractivity (Wildman–Crippen MR) is 119 cm³/mol. The third kappa shape index (κ3) is 9.89. The van der Waals surface area contributed by atoms with Crippen LogP contribution >= 0.6 is 0 Å². The first-order valence-electron chi connectivity index (χ1n) is 10.3. The largest absolute Gasteiger partial charge is 0.494 e. The lowest BCUT2D eigenvalue weighted by Gasteiger charge is -2.26. The third-order valence-electron chi connectivity index (χ3n) is 4.84. The van der Waals surface area contributed by atoms with Gasteiger partial charge in [0.05, 0.1) is 13.7 Å². The van der Waals surface area contributed by atoms with E-state index in [0.717, 1.165) is 18.4 Å². The summed E-state index contributed by atoms with van der Waals surface area (Å²) in [5.74, 6) is -0.709. The minimum Gasteiger partial charge on any atom is -0.494 e. The van der Waals surface area contributed by atoms with Gasteiger partial charge >= 0.3 is 0 Å². The normalized spacial score (nSPS) is 18.9. The van der Waals surface area contributed by atoms with E-state index in [-0.39, 0.29) is 11.3 Å². The van der Waals surface area contributed by atoms with Gasteiger partial charge in [-0.15, -0.1) is 0 Å². The van der Waals surface area contributed by atoms with Crippen LogP contribution in [0, 0.1) is 5.92 Å². The molecule has 0 spiro atoms. The molecule has 0 saturated heterocycles. The van der Waals surface area contributed by atoms with Crippen molar-refractivity contribution >= 4 is 0 Å². The van der Waals surface area contributed by atoms with E-state index in [9.17, 15) is 8.78 Å². The van der Waals surface area contributed by atoms with Gasteiger partial charge in [0.25, 0.3) is 0 Å². The molecule has 2 nitrogen and oxygen atoms in total. The Morgan fingerprint density at radius 1 is 0.966 bits per heavy atom. The summed E-state index contributed by atoms with van der Waals surface area (Å²) in [4.78, 5) is 0. The molecule has 1 aliphatic rings. The molecule has 164 valence electrons. The molecule has 2 rings (SSSR count). The topological polar surface area (TPSA) is 18.5 Å². The number of halogens is 2. The van der Waals surface area contributed by atoms with Crippen molar-refractivity contribution in [3.8, 4) is 0 Å². The highest BCUT2D eigenvalue weighted by molar-refractivity contribution is 5.30. The SMILES string of the molecule is C=C(C)/C(F)=C(/F)C(=C)OC.CC.COCc1ccc(C2CCC(C)CC2)cc1. The molecule has 0 heterocycles. The quantitative estimate of drug-likeness (QED) is 0.350. The maximum atomic E-state index is 12.7. The monoisotopic (exact) mass is 408 g/mol. The van der Waals surface area contributed by atoms with Gasteiger partial charge in [0.1, 0.15) is 5.76 Å². The van der Waals surface area contributed by atoms with Crippen molar-refractivity contribution in [1.82, 2.24) is 0 Å². The number of ether oxygens (including phenoxy) is 2. The third-order valence-corrected chi connectivity index (χ3v) is 4.84. The van der Waals surface area contributed by atoms with Gasteiger partial charge in [-0.2, -0.15) is 4.39 Å². The Kier molecular flexibility index (Phi) is 14.0. The maximum Gasteiger partial charge on any atom is 0.200 e. The predicted octanol–water partition coefficient (Wildman–Crippen LogP) is 8.03. The van der Waals surface area contributed by atoms with Crippen LogP contribution in [0.3, 0.4) is 0 Å². The Labute approximate surface area is 176 Å². The molecule has 0 aliphatic heterocycles. The summed E-state index contributed by atoms with van der Waals surface area (Å²) in [6, 6.07) is 8.98. The number of rotatable bonds is 6. The number of allylic oxidation sites excluding steroid dienone is 3. The standard InChI is InChI=1S/C15H22O.C8H10F2O.C2H6/c1-12-3-7-14(8-4-12)15-9-5-13(6-10-15)11-16-2;1-5(2)7(9)8(10)6(3)11-4;1-2/h5-6,9-10,12,14H,3-4,7-8,11H2,1-2H3;1,3H2,2,4H3;1-2H3/b;8-7-;. The maximum absolute atomic E-state index is 12.7. The van der Waals surface area contributed by atoms with Gasteiger partial charge in [-0.3, -0.25) is 0 Å². The molecule has 0 aromatic heterocycles. The Hall–Kier alpha value is -1.94. The molecule has 0 radical (unpaired) electrons. The van der Waals surface area contributed by atoms with E-state index in [2.05, 4.69) is 49.1 Å². The summed E-state index contributed by atoms with van der Waals surface area (Å²) in [7, 11) is 2.96. The van der Waals surface area contributed by atoms with Crippen molar-refractivity contribution in [3.63, 3.8) is 0 Å². The summed E-state index contributed by atoms with van der Waals surface area (Å²) >= 11 is 0. The Balaban J connectivity index is 0.000000532. The first-order valence-corrected chi connectivity index (χ1v) is 10.3. The van der Waals surface area contributed by atoms with Crippen LogP contribution < -0.4 is 0 Å². The molecule has 1 saturated carbocycles. The van der Waals surface area contributed by atoms with E-state index in [4.69, 9.17) is 4.74 Å². The van der Waals surface area contributed by atoms with Crippen molar-refractivity contribution < 1.29 is 18.3 Å². The second-order valence-electron chi connectivity index (χ2n) is 7.17. The van der Waals surface area contributed by atoms with E-state index in [0.29, 0.717) is 0 Å². The van der Waals surface area contributed by atoms with Gasteiger partial charge in [-0.1, -0.05) is 71.0 Å². The van der Waals surface area contributed by atoms with Crippen LogP contribution in [0.15, 0.2) is 60.4 Å². The molecule has 1 fully saturated rings. The second-order valence-corrected chi connectivity index (χ2v) is 7.17. The van der Waals surface area contributed by atoms with Crippen molar-refractivity contribution in [2.24, 2.45) is 5.92 Å². The smallest absolute Gasteiger partial charge is 0.200 e. The van der Waals surface area contributed by atoms with Crippen LogP contribution in [0.2, 0.25) is 0 Å². The average Bonchev–Trinajstić information content (AvgIpc) is 2.75. The van der Waals surface area contributed by atoms with Crippen LogP contribution in [0.1, 0.15) is 70.4 Å². The molecule has 1 aromatic rings. The molecule has 1 aromatic carbocycles. The zero-order valence-corrected chi connectivity index (χ0v) is 19.0. The van der Waals surface area contributed by atoms with Crippen LogP contribution in [0.5, 0.6) is 0 Å². The molecular formula is C25H38F2O2. The van der Waals surface area contributed by atoms with Gasteiger partial charge in [-0.25, -0.2) is 4.39 Å². The Bertz CT molecular complexity index is 639. The molecule has 4 heteroatoms. The molecule has 0 atom stereocenters. The van der Waals surface area contributed by atoms with E-state index in [1.165, 1.54) is 50.8 Å². The van der Waals surface area contributed by atoms with E-state index >= 15 is 0 Å². The lowest BCUT2D eigenvalue weighted by Crippen LogP contribution is -2.10. The highest BCUT2D eigenvalue weighted by Gasteiger charge is 2.19. The second kappa shape index (κ2) is 15.0.